The van der Waals surface area contributed by atoms with E-state index in [9.17, 15) is 9.59 Å². The van der Waals surface area contributed by atoms with Gasteiger partial charge in [0, 0.05) is 23.9 Å². The molecule has 6 nitrogen and oxygen atoms in total. The van der Waals surface area contributed by atoms with Crippen LogP contribution in [0.3, 0.4) is 0 Å². The first-order chi connectivity index (χ1) is 13.5. The number of methoxy groups -OCH3 is 2. The number of rotatable bonds is 7. The van der Waals surface area contributed by atoms with Crippen LogP contribution in [0.4, 0.5) is 0 Å². The largest absolute Gasteiger partial charge is 0.497 e. The Morgan fingerprint density at radius 1 is 1.11 bits per heavy atom. The zero-order chi connectivity index (χ0) is 20.1. The molecule has 0 saturated carbocycles. The number of carbonyl (C=O) groups is 2. The third-order valence-corrected chi connectivity index (χ3v) is 4.38. The molecule has 146 valence electrons. The van der Waals surface area contributed by atoms with Gasteiger partial charge in [-0.1, -0.05) is 0 Å². The molecule has 0 radical (unpaired) electrons. The molecule has 0 atom stereocenters. The fourth-order valence-electron chi connectivity index (χ4n) is 2.72. The molecule has 0 N–H and O–H groups in total. The maximum Gasteiger partial charge on any atom is 0.311 e. The van der Waals surface area contributed by atoms with Crippen LogP contribution in [0.15, 0.2) is 42.2 Å². The molecule has 28 heavy (non-hydrogen) atoms. The zero-order valence-electron chi connectivity index (χ0n) is 15.5. The lowest BCUT2D eigenvalue weighted by Gasteiger charge is -2.08. The Kier molecular flexibility index (Phi) is 6.21. The molecule has 1 heterocycles. The van der Waals surface area contributed by atoms with Crippen LogP contribution in [0.2, 0.25) is 0 Å². The first-order valence-corrected chi connectivity index (χ1v) is 9.16. The van der Waals surface area contributed by atoms with E-state index in [1.54, 1.807) is 50.6 Å². The van der Waals surface area contributed by atoms with Crippen molar-refractivity contribution in [2.75, 3.05) is 20.1 Å². The van der Waals surface area contributed by atoms with Crippen LogP contribution >= 0.6 is 11.6 Å². The summed E-state index contributed by atoms with van der Waals surface area (Å²) in [6.45, 7) is 0. The molecule has 0 spiro atoms. The number of benzene rings is 2. The third-order valence-electron chi connectivity index (χ3n) is 4.11. The molecule has 0 amide bonds. The van der Waals surface area contributed by atoms with Crippen molar-refractivity contribution in [3.8, 4) is 23.0 Å². The van der Waals surface area contributed by atoms with E-state index in [0.717, 1.165) is 0 Å². The number of Topliss-reactive ketones (excluding diaryl/α,β-unsaturated/α-hetero) is 1. The molecule has 0 saturated heterocycles. The van der Waals surface area contributed by atoms with Crippen LogP contribution in [0.25, 0.3) is 6.08 Å². The van der Waals surface area contributed by atoms with Crippen LogP contribution in [0.1, 0.15) is 28.8 Å². The van der Waals surface area contributed by atoms with Crippen LogP contribution in [-0.2, 0) is 4.79 Å². The standard InChI is InChI=1S/C21H19ClO6/c1-25-14-6-8-17(26-2)13(10-14)11-19-21(24)16-7-5-15(12-18(16)28-19)27-20(23)4-3-9-22/h5-8,10-12H,3-4,9H2,1-2H3. The summed E-state index contributed by atoms with van der Waals surface area (Å²) < 4.78 is 21.5. The Hall–Kier alpha value is -2.99. The van der Waals surface area contributed by atoms with E-state index >= 15 is 0 Å². The second kappa shape index (κ2) is 8.80. The van der Waals surface area contributed by atoms with Gasteiger partial charge >= 0.3 is 5.97 Å². The number of fused-ring (bicyclic) bond motifs is 1. The summed E-state index contributed by atoms with van der Waals surface area (Å²) in [7, 11) is 3.10. The van der Waals surface area contributed by atoms with Gasteiger partial charge in [-0.2, -0.15) is 0 Å². The molecule has 7 heteroatoms. The van der Waals surface area contributed by atoms with E-state index in [-0.39, 0.29) is 23.9 Å². The average Bonchev–Trinajstić information content (AvgIpc) is 3.01. The molecule has 0 bridgehead atoms. The fraction of sp³-hybridized carbons (Fsp3) is 0.238. The maximum absolute atomic E-state index is 12.6. The molecule has 0 unspecified atom stereocenters. The second-order valence-corrected chi connectivity index (χ2v) is 6.35. The predicted octanol–water partition coefficient (Wildman–Crippen LogP) is 4.24. The number of carbonyl (C=O) groups excluding carboxylic acids is 2. The van der Waals surface area contributed by atoms with Gasteiger partial charge in [0.2, 0.25) is 5.78 Å². The normalized spacial score (nSPS) is 13.8. The predicted molar refractivity (Wildman–Crippen MR) is 105 cm³/mol. The molecule has 3 rings (SSSR count). The number of hydrogen-bond donors (Lipinski definition) is 0. The number of hydrogen-bond acceptors (Lipinski definition) is 6. The van der Waals surface area contributed by atoms with Crippen molar-refractivity contribution in [2.45, 2.75) is 12.8 Å². The summed E-state index contributed by atoms with van der Waals surface area (Å²) in [4.78, 5) is 24.4. The van der Waals surface area contributed by atoms with E-state index in [1.807, 2.05) is 0 Å². The van der Waals surface area contributed by atoms with Gasteiger partial charge in [-0.05, 0) is 42.8 Å². The van der Waals surface area contributed by atoms with Crippen molar-refractivity contribution < 1.29 is 28.5 Å². The zero-order valence-corrected chi connectivity index (χ0v) is 16.2. The highest BCUT2D eigenvalue weighted by molar-refractivity contribution is 6.18. The summed E-state index contributed by atoms with van der Waals surface area (Å²) in [5.41, 5.74) is 1.04. The van der Waals surface area contributed by atoms with Gasteiger partial charge in [0.1, 0.15) is 23.0 Å². The Morgan fingerprint density at radius 3 is 2.61 bits per heavy atom. The summed E-state index contributed by atoms with van der Waals surface area (Å²) in [6, 6.07) is 9.91. The van der Waals surface area contributed by atoms with Gasteiger partial charge in [0.25, 0.3) is 0 Å². The third kappa shape index (κ3) is 4.28. The minimum atomic E-state index is -0.387. The molecule has 2 aromatic rings. The summed E-state index contributed by atoms with van der Waals surface area (Å²) >= 11 is 5.58. The van der Waals surface area contributed by atoms with Crippen LogP contribution in [0.5, 0.6) is 23.0 Å². The quantitative estimate of drug-likeness (QED) is 0.298. The molecule has 0 aliphatic carbocycles. The summed E-state index contributed by atoms with van der Waals surface area (Å²) in [6.07, 6.45) is 2.35. The van der Waals surface area contributed by atoms with Crippen molar-refractivity contribution in [1.82, 2.24) is 0 Å². The topological polar surface area (TPSA) is 71.1 Å². The number of allylic oxidation sites excluding steroid dienone is 1. The van der Waals surface area contributed by atoms with Gasteiger partial charge in [0.15, 0.2) is 5.76 Å². The number of ketones is 1. The monoisotopic (exact) mass is 402 g/mol. The highest BCUT2D eigenvalue weighted by atomic mass is 35.5. The van der Waals surface area contributed by atoms with Crippen molar-refractivity contribution in [3.63, 3.8) is 0 Å². The van der Waals surface area contributed by atoms with Gasteiger partial charge in [-0.3, -0.25) is 9.59 Å². The molecule has 0 aromatic heterocycles. The smallest absolute Gasteiger partial charge is 0.311 e. The number of ether oxygens (including phenoxy) is 4. The SMILES string of the molecule is COc1ccc(OC)c(C=C2Oc3cc(OC(=O)CCCCl)ccc3C2=O)c1. The van der Waals surface area contributed by atoms with Gasteiger partial charge in [0.05, 0.1) is 19.8 Å². The van der Waals surface area contributed by atoms with Crippen molar-refractivity contribution in [1.29, 1.82) is 0 Å². The lowest BCUT2D eigenvalue weighted by atomic mass is 10.1. The van der Waals surface area contributed by atoms with Crippen molar-refractivity contribution >= 4 is 29.4 Å². The van der Waals surface area contributed by atoms with Crippen LogP contribution in [-0.4, -0.2) is 31.9 Å². The fourth-order valence-corrected chi connectivity index (χ4v) is 2.85. The van der Waals surface area contributed by atoms with Gasteiger partial charge in [-0.15, -0.1) is 11.6 Å². The van der Waals surface area contributed by atoms with Crippen LogP contribution in [0, 0.1) is 0 Å². The van der Waals surface area contributed by atoms with Gasteiger partial charge < -0.3 is 18.9 Å². The first kappa shape index (κ1) is 19.8. The minimum absolute atomic E-state index is 0.146. The lowest BCUT2D eigenvalue weighted by Crippen LogP contribution is -2.07. The highest BCUT2D eigenvalue weighted by Crippen LogP contribution is 2.36. The lowest BCUT2D eigenvalue weighted by molar-refractivity contribution is -0.134. The average molecular weight is 403 g/mol. The highest BCUT2D eigenvalue weighted by Gasteiger charge is 2.28. The molecule has 1 aliphatic heterocycles. The Labute approximate surface area is 167 Å². The Balaban J connectivity index is 1.84. The molecular formula is C21H19ClO6. The molecule has 2 aromatic carbocycles. The minimum Gasteiger partial charge on any atom is -0.497 e. The summed E-state index contributed by atoms with van der Waals surface area (Å²) in [5, 5.41) is 0. The Morgan fingerprint density at radius 2 is 1.89 bits per heavy atom. The number of esters is 1. The van der Waals surface area contributed by atoms with Crippen LogP contribution < -0.4 is 18.9 Å². The number of alkyl halides is 1. The second-order valence-electron chi connectivity index (χ2n) is 5.97. The van der Waals surface area contributed by atoms with Crippen molar-refractivity contribution in [3.05, 3.63) is 53.3 Å². The molecule has 0 fully saturated rings. The molecular weight excluding hydrogens is 384 g/mol. The van der Waals surface area contributed by atoms with E-state index in [2.05, 4.69) is 0 Å². The first-order valence-electron chi connectivity index (χ1n) is 8.62. The van der Waals surface area contributed by atoms with E-state index in [0.29, 0.717) is 46.4 Å². The Bertz CT molecular complexity index is 934. The maximum atomic E-state index is 12.6. The van der Waals surface area contributed by atoms with E-state index in [1.165, 1.54) is 6.07 Å². The molecule has 1 aliphatic rings. The number of halogens is 1. The summed E-state index contributed by atoms with van der Waals surface area (Å²) in [5.74, 6) is 1.73. The van der Waals surface area contributed by atoms with E-state index < -0.39 is 0 Å². The van der Waals surface area contributed by atoms with Gasteiger partial charge in [-0.25, -0.2) is 0 Å². The van der Waals surface area contributed by atoms with Crippen molar-refractivity contribution in [2.24, 2.45) is 0 Å². The van der Waals surface area contributed by atoms with E-state index in [4.69, 9.17) is 30.5 Å².